The minimum Gasteiger partial charge on any atom is -0.135 e. The number of hydrogen-bond donors (Lipinski definition) is 0. The second-order valence-corrected chi connectivity index (χ2v) is 23.5. The zero-order valence-corrected chi connectivity index (χ0v) is 45.0. The third kappa shape index (κ3) is 6.99. The molecule has 0 aliphatic rings. The average Bonchev–Trinajstić information content (AvgIpc) is 4.13. The van der Waals surface area contributed by atoms with Crippen molar-refractivity contribution in [3.8, 4) is 66.8 Å². The summed E-state index contributed by atoms with van der Waals surface area (Å²) < 4.78 is 5.24. The largest absolute Gasteiger partial charge is 0.135 e. The summed E-state index contributed by atoms with van der Waals surface area (Å²) in [5.41, 5.74) is 14.7. The molecule has 2 heterocycles. The van der Waals surface area contributed by atoms with Gasteiger partial charge in [-0.25, -0.2) is 0 Å². The quantitative estimate of drug-likeness (QED) is 0.146. The molecule has 2 aromatic heterocycles. The molecule has 370 valence electrons. The van der Waals surface area contributed by atoms with Crippen LogP contribution in [0.1, 0.15) is 0 Å². The fourth-order valence-electron chi connectivity index (χ4n) is 13.5. The maximum absolute atomic E-state index is 2.50. The molecule has 0 N–H and O–H groups in total. The molecule has 0 radical (unpaired) electrons. The standard InChI is InChI=1S/C78H46S2/c1-3-22-55-47(16-1)18-14-30-57(55)51-20-13-21-52(42-51)76-64-27-6-5-26-63(64)75(53-36-38-60-58-24-9-11-32-71(58)79-73(60)45-53)67-40-34-49(43-69(67)76)50-35-41-68-70(44-50)77(54-37-39-61-59-25-10-12-33-72(59)80-74(61)46-54)65-28-7-8-29-66(65)78(68)62-31-15-19-48-17-2-4-23-56(48)62/h1-46H. The Morgan fingerprint density at radius 3 is 1.05 bits per heavy atom. The van der Waals surface area contributed by atoms with E-state index in [2.05, 4.69) is 279 Å². The van der Waals surface area contributed by atoms with Gasteiger partial charge in [-0.1, -0.05) is 237 Å². The molecule has 17 rings (SSSR count). The van der Waals surface area contributed by atoms with Gasteiger partial charge in [0, 0.05) is 40.3 Å². The molecule has 0 unspecified atom stereocenters. The Balaban J connectivity index is 0.949. The molecular weight excluding hydrogens is 1000 g/mol. The highest BCUT2D eigenvalue weighted by Gasteiger charge is 2.23. The number of rotatable bonds is 6. The third-order valence-corrected chi connectivity index (χ3v) is 19.3. The van der Waals surface area contributed by atoms with Crippen LogP contribution in [0, 0.1) is 0 Å². The third-order valence-electron chi connectivity index (χ3n) is 17.0. The van der Waals surface area contributed by atoms with Crippen LogP contribution in [0.15, 0.2) is 279 Å². The first-order valence-electron chi connectivity index (χ1n) is 27.5. The van der Waals surface area contributed by atoms with Gasteiger partial charge in [-0.15, -0.1) is 22.7 Å². The second kappa shape index (κ2) is 17.9. The van der Waals surface area contributed by atoms with Crippen molar-refractivity contribution in [3.63, 3.8) is 0 Å². The lowest BCUT2D eigenvalue weighted by molar-refractivity contribution is 1.63. The van der Waals surface area contributed by atoms with E-state index in [-0.39, 0.29) is 0 Å². The van der Waals surface area contributed by atoms with Crippen LogP contribution in [0.2, 0.25) is 0 Å². The first-order chi connectivity index (χ1) is 39.7. The molecule has 0 aliphatic heterocycles. The summed E-state index contributed by atoms with van der Waals surface area (Å²) in [6.45, 7) is 0. The van der Waals surface area contributed by atoms with Gasteiger partial charge in [0.05, 0.1) is 0 Å². The molecule has 0 saturated heterocycles. The first-order valence-corrected chi connectivity index (χ1v) is 29.2. The maximum Gasteiger partial charge on any atom is 0.0361 e. The summed E-state index contributed by atoms with van der Waals surface area (Å²) in [5, 5.41) is 20.2. The van der Waals surface area contributed by atoms with Crippen molar-refractivity contribution in [2.45, 2.75) is 0 Å². The Morgan fingerprint density at radius 1 is 0.163 bits per heavy atom. The van der Waals surface area contributed by atoms with Gasteiger partial charge in [-0.2, -0.15) is 0 Å². The zero-order chi connectivity index (χ0) is 52.4. The van der Waals surface area contributed by atoms with Crippen molar-refractivity contribution < 1.29 is 0 Å². The lowest BCUT2D eigenvalue weighted by atomic mass is 9.82. The van der Waals surface area contributed by atoms with Gasteiger partial charge in [0.1, 0.15) is 0 Å². The van der Waals surface area contributed by atoms with E-state index in [0.717, 1.165) is 0 Å². The predicted octanol–water partition coefficient (Wildman–Crippen LogP) is 23.3. The minimum atomic E-state index is 1.18. The minimum absolute atomic E-state index is 1.18. The molecule has 2 heteroatoms. The van der Waals surface area contributed by atoms with Gasteiger partial charge in [-0.3, -0.25) is 0 Å². The molecule has 0 bridgehead atoms. The highest BCUT2D eigenvalue weighted by atomic mass is 32.1. The van der Waals surface area contributed by atoms with Gasteiger partial charge >= 0.3 is 0 Å². The van der Waals surface area contributed by atoms with E-state index in [1.54, 1.807) is 0 Å². The molecule has 0 aliphatic carbocycles. The number of thiophene rings is 2. The van der Waals surface area contributed by atoms with Crippen molar-refractivity contribution in [2.24, 2.45) is 0 Å². The summed E-state index contributed by atoms with van der Waals surface area (Å²) in [6.07, 6.45) is 0. The fraction of sp³-hybridized carbons (Fsp3) is 0. The molecule has 80 heavy (non-hydrogen) atoms. The number of benzene rings is 15. The highest BCUT2D eigenvalue weighted by Crippen LogP contribution is 2.50. The van der Waals surface area contributed by atoms with Gasteiger partial charge in [0.15, 0.2) is 0 Å². The van der Waals surface area contributed by atoms with E-state index >= 15 is 0 Å². The lowest BCUT2D eigenvalue weighted by Crippen LogP contribution is -1.93. The van der Waals surface area contributed by atoms with Gasteiger partial charge in [0.25, 0.3) is 0 Å². The summed E-state index contributed by atoms with van der Waals surface area (Å²) in [4.78, 5) is 0. The molecule has 0 fully saturated rings. The van der Waals surface area contributed by atoms with E-state index in [9.17, 15) is 0 Å². The lowest BCUT2D eigenvalue weighted by Gasteiger charge is -2.21. The van der Waals surface area contributed by atoms with Gasteiger partial charge in [-0.05, 0) is 174 Å². The fourth-order valence-corrected chi connectivity index (χ4v) is 15.8. The second-order valence-electron chi connectivity index (χ2n) is 21.4. The van der Waals surface area contributed by atoms with E-state index in [1.807, 2.05) is 22.7 Å². The monoisotopic (exact) mass is 1050 g/mol. The van der Waals surface area contributed by atoms with Crippen LogP contribution in [-0.4, -0.2) is 0 Å². The normalized spacial score (nSPS) is 12.0. The van der Waals surface area contributed by atoms with E-state index < -0.39 is 0 Å². The van der Waals surface area contributed by atoms with Crippen LogP contribution in [0.4, 0.5) is 0 Å². The number of hydrogen-bond acceptors (Lipinski definition) is 2. The van der Waals surface area contributed by atoms with Crippen molar-refractivity contribution in [2.75, 3.05) is 0 Å². The zero-order valence-electron chi connectivity index (χ0n) is 43.4. The van der Waals surface area contributed by atoms with Crippen LogP contribution in [0.25, 0.3) is 172 Å². The molecule has 0 nitrogen and oxygen atoms in total. The SMILES string of the molecule is c1cc(-c2cccc3ccccc23)cc(-c2c3ccccc3c(-c3ccc4c(c3)sc3ccccc34)c3ccc(-c4ccc5c(-c6cccc7ccccc67)c6ccccc6c(-c6ccc7c(c6)sc6ccccc67)c5c4)cc23)c1. The number of fused-ring (bicyclic) bond motifs is 12. The van der Waals surface area contributed by atoms with Crippen LogP contribution < -0.4 is 0 Å². The molecule has 0 spiro atoms. The van der Waals surface area contributed by atoms with E-state index in [4.69, 9.17) is 0 Å². The Hall–Kier alpha value is -9.70. The Bertz CT molecular complexity index is 5430. The molecule has 17 aromatic rings. The van der Waals surface area contributed by atoms with Gasteiger partial charge < -0.3 is 0 Å². The smallest absolute Gasteiger partial charge is 0.0361 e. The topological polar surface area (TPSA) is 0 Å². The van der Waals surface area contributed by atoms with Crippen molar-refractivity contribution in [1.29, 1.82) is 0 Å². The summed E-state index contributed by atoms with van der Waals surface area (Å²) >= 11 is 3.77. The van der Waals surface area contributed by atoms with Crippen LogP contribution >= 0.6 is 22.7 Å². The van der Waals surface area contributed by atoms with E-state index in [0.29, 0.717) is 0 Å². The van der Waals surface area contributed by atoms with Crippen molar-refractivity contribution in [1.82, 2.24) is 0 Å². The van der Waals surface area contributed by atoms with Crippen molar-refractivity contribution >= 4 is 128 Å². The molecule has 0 amide bonds. The van der Waals surface area contributed by atoms with Crippen LogP contribution in [-0.2, 0) is 0 Å². The molecule has 15 aromatic carbocycles. The predicted molar refractivity (Wildman–Crippen MR) is 350 cm³/mol. The summed E-state index contributed by atoms with van der Waals surface area (Å²) in [5.74, 6) is 0. The first kappa shape index (κ1) is 45.3. The Labute approximate surface area is 470 Å². The molecule has 0 saturated carbocycles. The maximum atomic E-state index is 2.50. The van der Waals surface area contributed by atoms with Gasteiger partial charge in [0.2, 0.25) is 0 Å². The van der Waals surface area contributed by atoms with E-state index in [1.165, 1.54) is 172 Å². The molecule has 0 atom stereocenters. The molecular formula is C78H46S2. The van der Waals surface area contributed by atoms with Crippen molar-refractivity contribution in [3.05, 3.63) is 279 Å². The van der Waals surface area contributed by atoms with Crippen LogP contribution in [0.3, 0.4) is 0 Å². The average molecular weight is 1050 g/mol. The highest BCUT2D eigenvalue weighted by molar-refractivity contribution is 7.26. The Morgan fingerprint density at radius 2 is 0.500 bits per heavy atom. The van der Waals surface area contributed by atoms with Crippen LogP contribution in [0.5, 0.6) is 0 Å². The Kier molecular flexibility index (Phi) is 10.2. The summed E-state index contributed by atoms with van der Waals surface area (Å²) in [6, 6.07) is 105. The summed E-state index contributed by atoms with van der Waals surface area (Å²) in [7, 11) is 0.